The van der Waals surface area contributed by atoms with Gasteiger partial charge in [0.2, 0.25) is 5.91 Å². The summed E-state index contributed by atoms with van der Waals surface area (Å²) >= 11 is 1.71. The van der Waals surface area contributed by atoms with Crippen LogP contribution in [-0.2, 0) is 4.79 Å². The monoisotopic (exact) mass is 344 g/mol. The van der Waals surface area contributed by atoms with Crippen molar-refractivity contribution in [1.29, 1.82) is 0 Å². The topological polar surface area (TPSA) is 55.6 Å². The van der Waals surface area contributed by atoms with Crippen molar-refractivity contribution in [3.05, 3.63) is 24.3 Å². The van der Waals surface area contributed by atoms with Crippen molar-refractivity contribution in [3.63, 3.8) is 0 Å². The minimum Gasteiger partial charge on any atom is -0.497 e. The van der Waals surface area contributed by atoms with Crippen LogP contribution in [0.5, 0.6) is 5.75 Å². The molecule has 1 amide bonds. The van der Waals surface area contributed by atoms with E-state index in [1.165, 1.54) is 6.42 Å². The molecule has 1 atom stereocenters. The van der Waals surface area contributed by atoms with E-state index in [4.69, 9.17) is 10.5 Å². The number of hydrogen-bond donors (Lipinski definition) is 1. The normalized spacial score (nSPS) is 17.7. The second kappa shape index (κ2) is 9.98. The average Bonchev–Trinajstić information content (AvgIpc) is 2.55. The Morgan fingerprint density at radius 3 is 2.73 bits per heavy atom. The van der Waals surface area contributed by atoms with Crippen molar-refractivity contribution >= 4 is 30.1 Å². The van der Waals surface area contributed by atoms with Gasteiger partial charge in [0, 0.05) is 36.2 Å². The maximum Gasteiger partial charge on any atom is 0.223 e. The van der Waals surface area contributed by atoms with Gasteiger partial charge in [-0.3, -0.25) is 4.79 Å². The molecule has 124 valence electrons. The Labute approximate surface area is 143 Å². The Morgan fingerprint density at radius 1 is 1.36 bits per heavy atom. The number of thioether (sulfide) groups is 1. The van der Waals surface area contributed by atoms with Gasteiger partial charge in [0.15, 0.2) is 0 Å². The summed E-state index contributed by atoms with van der Waals surface area (Å²) < 4.78 is 5.13. The number of hydrogen-bond acceptors (Lipinski definition) is 4. The van der Waals surface area contributed by atoms with Gasteiger partial charge < -0.3 is 15.4 Å². The SMILES string of the molecule is COc1ccc(SCCC(=O)N2CCCCC2CN)cc1.Cl. The molecule has 6 heteroatoms. The highest BCUT2D eigenvalue weighted by Crippen LogP contribution is 2.23. The first kappa shape index (κ1) is 19.1. The highest BCUT2D eigenvalue weighted by atomic mass is 35.5. The van der Waals surface area contributed by atoms with Crippen LogP contribution in [0.4, 0.5) is 0 Å². The first-order chi connectivity index (χ1) is 10.2. The van der Waals surface area contributed by atoms with Crippen LogP contribution in [0, 0.1) is 0 Å². The Hall–Kier alpha value is -0.910. The molecule has 1 fully saturated rings. The maximum atomic E-state index is 12.3. The molecular weight excluding hydrogens is 320 g/mol. The number of carbonyl (C=O) groups excluding carboxylic acids is 1. The number of nitrogens with zero attached hydrogens (tertiary/aromatic N) is 1. The van der Waals surface area contributed by atoms with Crippen LogP contribution in [0.2, 0.25) is 0 Å². The number of ether oxygens (including phenoxy) is 1. The van der Waals surface area contributed by atoms with Gasteiger partial charge >= 0.3 is 0 Å². The first-order valence-electron chi connectivity index (χ1n) is 7.51. The lowest BCUT2D eigenvalue weighted by atomic mass is 10.0. The summed E-state index contributed by atoms with van der Waals surface area (Å²) in [6.45, 7) is 1.45. The van der Waals surface area contributed by atoms with E-state index >= 15 is 0 Å². The van der Waals surface area contributed by atoms with Crippen molar-refractivity contribution < 1.29 is 9.53 Å². The number of halogens is 1. The van der Waals surface area contributed by atoms with Gasteiger partial charge in [-0.15, -0.1) is 24.2 Å². The fourth-order valence-corrected chi connectivity index (χ4v) is 3.49. The molecule has 22 heavy (non-hydrogen) atoms. The highest BCUT2D eigenvalue weighted by molar-refractivity contribution is 7.99. The van der Waals surface area contributed by atoms with Gasteiger partial charge in [-0.2, -0.15) is 0 Å². The zero-order valence-electron chi connectivity index (χ0n) is 13.0. The number of rotatable bonds is 6. The van der Waals surface area contributed by atoms with E-state index in [1.54, 1.807) is 18.9 Å². The second-order valence-electron chi connectivity index (χ2n) is 5.25. The predicted molar refractivity (Wildman–Crippen MR) is 94.0 cm³/mol. The number of carbonyl (C=O) groups is 1. The lowest BCUT2D eigenvalue weighted by Crippen LogP contribution is -2.47. The van der Waals surface area contributed by atoms with Crippen molar-refractivity contribution in [1.82, 2.24) is 4.90 Å². The smallest absolute Gasteiger partial charge is 0.223 e. The van der Waals surface area contributed by atoms with Crippen molar-refractivity contribution in [2.24, 2.45) is 5.73 Å². The standard InChI is InChI=1S/C16H24N2O2S.ClH/c1-20-14-5-7-15(8-6-14)21-11-9-16(19)18-10-3-2-4-13(18)12-17;/h5-8,13H,2-4,9-12,17H2,1H3;1H. The summed E-state index contributed by atoms with van der Waals surface area (Å²) in [6, 6.07) is 8.19. The molecule has 0 radical (unpaired) electrons. The van der Waals surface area contributed by atoms with E-state index in [2.05, 4.69) is 0 Å². The summed E-state index contributed by atoms with van der Waals surface area (Å²) in [7, 11) is 1.66. The molecule has 0 bridgehead atoms. The van der Waals surface area contributed by atoms with Crippen LogP contribution in [-0.4, -0.2) is 42.8 Å². The molecule has 1 aliphatic heterocycles. The van der Waals surface area contributed by atoms with Gasteiger partial charge in [0.05, 0.1) is 7.11 Å². The van der Waals surface area contributed by atoms with Gasteiger partial charge in [-0.25, -0.2) is 0 Å². The van der Waals surface area contributed by atoms with E-state index in [-0.39, 0.29) is 24.4 Å². The van der Waals surface area contributed by atoms with Crippen LogP contribution in [0.25, 0.3) is 0 Å². The van der Waals surface area contributed by atoms with Crippen molar-refractivity contribution in [2.75, 3.05) is 26.0 Å². The number of piperidine rings is 1. The van der Waals surface area contributed by atoms with E-state index in [0.717, 1.165) is 35.8 Å². The molecule has 1 unspecified atom stereocenters. The largest absolute Gasteiger partial charge is 0.497 e. The number of likely N-dealkylation sites (tertiary alicyclic amines) is 1. The molecule has 0 aromatic heterocycles. The molecule has 1 aromatic carbocycles. The number of methoxy groups -OCH3 is 1. The van der Waals surface area contributed by atoms with E-state index in [9.17, 15) is 4.79 Å². The van der Waals surface area contributed by atoms with E-state index in [1.807, 2.05) is 29.2 Å². The maximum absolute atomic E-state index is 12.3. The summed E-state index contributed by atoms with van der Waals surface area (Å²) in [5, 5.41) is 0. The van der Waals surface area contributed by atoms with Gasteiger partial charge in [-0.1, -0.05) is 0 Å². The van der Waals surface area contributed by atoms with Crippen molar-refractivity contribution in [3.8, 4) is 5.75 Å². The number of benzene rings is 1. The number of nitrogens with two attached hydrogens (primary N) is 1. The van der Waals surface area contributed by atoms with Crippen LogP contribution >= 0.6 is 24.2 Å². The van der Waals surface area contributed by atoms with E-state index in [0.29, 0.717) is 13.0 Å². The lowest BCUT2D eigenvalue weighted by molar-refractivity contribution is -0.134. The number of amides is 1. The first-order valence-corrected chi connectivity index (χ1v) is 8.49. The molecule has 2 N–H and O–H groups in total. The van der Waals surface area contributed by atoms with Crippen LogP contribution in [0.3, 0.4) is 0 Å². The third kappa shape index (κ3) is 5.38. The Morgan fingerprint density at radius 2 is 2.09 bits per heavy atom. The summed E-state index contributed by atoms with van der Waals surface area (Å²) in [6.07, 6.45) is 3.92. The molecule has 1 aromatic rings. The minimum absolute atomic E-state index is 0. The zero-order chi connectivity index (χ0) is 15.1. The van der Waals surface area contributed by atoms with Crippen LogP contribution in [0.1, 0.15) is 25.7 Å². The molecule has 0 spiro atoms. The third-order valence-electron chi connectivity index (χ3n) is 3.86. The third-order valence-corrected chi connectivity index (χ3v) is 4.88. The van der Waals surface area contributed by atoms with Gasteiger partial charge in [0.25, 0.3) is 0 Å². The average molecular weight is 345 g/mol. The van der Waals surface area contributed by atoms with Gasteiger partial charge in [-0.05, 0) is 43.5 Å². The van der Waals surface area contributed by atoms with E-state index < -0.39 is 0 Å². The molecule has 1 saturated heterocycles. The summed E-state index contributed by atoms with van der Waals surface area (Å²) in [4.78, 5) is 15.4. The molecule has 1 heterocycles. The Balaban J connectivity index is 0.00000242. The fraction of sp³-hybridized carbons (Fsp3) is 0.562. The predicted octanol–water partition coefficient (Wildman–Crippen LogP) is 2.94. The quantitative estimate of drug-likeness (QED) is 0.806. The zero-order valence-corrected chi connectivity index (χ0v) is 14.6. The van der Waals surface area contributed by atoms with Gasteiger partial charge in [0.1, 0.15) is 5.75 Å². The molecule has 4 nitrogen and oxygen atoms in total. The Bertz CT molecular complexity index is 456. The van der Waals surface area contributed by atoms with Crippen LogP contribution < -0.4 is 10.5 Å². The molecule has 2 rings (SSSR count). The Kier molecular flexibility index (Phi) is 8.68. The minimum atomic E-state index is 0. The molecular formula is C16H25ClN2O2S. The molecule has 1 aliphatic rings. The highest BCUT2D eigenvalue weighted by Gasteiger charge is 2.24. The summed E-state index contributed by atoms with van der Waals surface area (Å²) in [5.74, 6) is 1.90. The fourth-order valence-electron chi connectivity index (χ4n) is 2.65. The second-order valence-corrected chi connectivity index (χ2v) is 6.41. The summed E-state index contributed by atoms with van der Waals surface area (Å²) in [5.41, 5.74) is 5.77. The van der Waals surface area contributed by atoms with Crippen molar-refractivity contribution in [2.45, 2.75) is 36.6 Å². The lowest BCUT2D eigenvalue weighted by Gasteiger charge is -2.35. The molecule has 0 saturated carbocycles. The van der Waals surface area contributed by atoms with Crippen LogP contribution in [0.15, 0.2) is 29.2 Å². The molecule has 0 aliphatic carbocycles.